The van der Waals surface area contributed by atoms with E-state index in [0.29, 0.717) is 10.2 Å². The van der Waals surface area contributed by atoms with Crippen LogP contribution >= 0.6 is 11.3 Å². The van der Waals surface area contributed by atoms with Crippen LogP contribution in [-0.4, -0.2) is 14.7 Å². The number of aliphatic hydroxyl groups excluding tert-OH is 1. The average Bonchev–Trinajstić information content (AvgIpc) is 3.17. The van der Waals surface area contributed by atoms with Gasteiger partial charge in [-0.25, -0.2) is 4.98 Å². The van der Waals surface area contributed by atoms with E-state index in [-0.39, 0.29) is 17.7 Å². The predicted octanol–water partition coefficient (Wildman–Crippen LogP) is 3.70. The summed E-state index contributed by atoms with van der Waals surface area (Å²) >= 11 is 1.49. The van der Waals surface area contributed by atoms with Crippen molar-refractivity contribution in [2.24, 2.45) is 0 Å². The molecule has 26 heavy (non-hydrogen) atoms. The fraction of sp³-hybridized carbons (Fsp3) is 0.333. The molecule has 1 aliphatic rings. The summed E-state index contributed by atoms with van der Waals surface area (Å²) in [6.07, 6.45) is -1.99. The highest BCUT2D eigenvalue weighted by atomic mass is 32.1. The minimum Gasteiger partial charge on any atom is -0.387 e. The highest BCUT2D eigenvalue weighted by molar-refractivity contribution is 7.18. The highest BCUT2D eigenvalue weighted by Crippen LogP contribution is 2.36. The maximum Gasteiger partial charge on any atom is 0.416 e. The molecule has 1 N–H and O–H groups in total. The summed E-state index contributed by atoms with van der Waals surface area (Å²) in [5, 5.41) is 10.9. The first kappa shape index (κ1) is 17.2. The number of aryl methyl sites for hydroxylation is 2. The SMILES string of the molecule is O=c1c2c3c(sc2ncn1C[C@H](O)c1ccccc1C(F)(F)F)CCC3. The molecule has 1 atom stereocenters. The first-order valence-corrected chi connectivity index (χ1v) is 9.02. The van der Waals surface area contributed by atoms with Crippen molar-refractivity contribution in [1.82, 2.24) is 9.55 Å². The molecule has 8 heteroatoms. The highest BCUT2D eigenvalue weighted by Gasteiger charge is 2.34. The third-order valence-corrected chi connectivity index (χ3v) is 5.89. The van der Waals surface area contributed by atoms with Crippen LogP contribution in [0.4, 0.5) is 13.2 Å². The largest absolute Gasteiger partial charge is 0.416 e. The van der Waals surface area contributed by atoms with Crippen LogP contribution in [0.3, 0.4) is 0 Å². The number of hydrogen-bond donors (Lipinski definition) is 1. The Morgan fingerprint density at radius 2 is 2.04 bits per heavy atom. The van der Waals surface area contributed by atoms with Gasteiger partial charge in [0, 0.05) is 4.88 Å². The molecule has 2 aromatic heterocycles. The van der Waals surface area contributed by atoms with Crippen molar-refractivity contribution >= 4 is 21.6 Å². The Kier molecular flexibility index (Phi) is 4.11. The monoisotopic (exact) mass is 380 g/mol. The molecule has 1 aliphatic carbocycles. The number of aromatic nitrogens is 2. The third-order valence-electron chi connectivity index (χ3n) is 4.69. The van der Waals surface area contributed by atoms with E-state index in [4.69, 9.17) is 0 Å². The van der Waals surface area contributed by atoms with E-state index in [9.17, 15) is 23.1 Å². The van der Waals surface area contributed by atoms with E-state index in [2.05, 4.69) is 4.98 Å². The van der Waals surface area contributed by atoms with E-state index in [1.807, 2.05) is 0 Å². The standard InChI is InChI=1S/C18H15F3N2O2S/c19-18(20,21)12-6-2-1-4-10(12)13(24)8-23-9-22-16-15(17(23)25)11-5-3-7-14(11)26-16/h1-2,4,6,9,13,24H,3,5,7-8H2/t13-/m0/s1. The Labute approximate surface area is 150 Å². The van der Waals surface area contributed by atoms with Gasteiger partial charge in [0.25, 0.3) is 5.56 Å². The number of nitrogens with zero attached hydrogens (tertiary/aromatic N) is 2. The number of fused-ring (bicyclic) bond motifs is 3. The molecule has 3 aromatic rings. The van der Waals surface area contributed by atoms with Gasteiger partial charge < -0.3 is 5.11 Å². The van der Waals surface area contributed by atoms with Crippen LogP contribution in [0.5, 0.6) is 0 Å². The summed E-state index contributed by atoms with van der Waals surface area (Å²) in [5.74, 6) is 0. The Hall–Kier alpha value is -2.19. The smallest absolute Gasteiger partial charge is 0.387 e. The number of rotatable bonds is 3. The molecule has 136 valence electrons. The van der Waals surface area contributed by atoms with Crippen molar-refractivity contribution in [1.29, 1.82) is 0 Å². The molecule has 4 nitrogen and oxygen atoms in total. The van der Waals surface area contributed by atoms with Crippen LogP contribution < -0.4 is 5.56 Å². The quantitative estimate of drug-likeness (QED) is 0.754. The van der Waals surface area contributed by atoms with Gasteiger partial charge in [-0.1, -0.05) is 18.2 Å². The third kappa shape index (κ3) is 2.83. The van der Waals surface area contributed by atoms with Crippen molar-refractivity contribution in [3.05, 3.63) is 62.5 Å². The van der Waals surface area contributed by atoms with Crippen molar-refractivity contribution in [2.75, 3.05) is 0 Å². The minimum absolute atomic E-state index is 0.248. The Balaban J connectivity index is 1.72. The molecule has 0 unspecified atom stereocenters. The maximum absolute atomic E-state index is 13.2. The normalized spacial score (nSPS) is 15.4. The molecule has 4 rings (SSSR count). The number of halogens is 3. The molecule has 1 aromatic carbocycles. The lowest BCUT2D eigenvalue weighted by molar-refractivity contribution is -0.139. The zero-order chi connectivity index (χ0) is 18.5. The molecule has 0 spiro atoms. The van der Waals surface area contributed by atoms with Crippen molar-refractivity contribution in [3.8, 4) is 0 Å². The van der Waals surface area contributed by atoms with Gasteiger partial charge in [-0.2, -0.15) is 13.2 Å². The number of alkyl halides is 3. The lowest BCUT2D eigenvalue weighted by Crippen LogP contribution is -2.25. The van der Waals surface area contributed by atoms with Gasteiger partial charge in [-0.3, -0.25) is 9.36 Å². The number of aliphatic hydroxyl groups is 1. The molecule has 0 radical (unpaired) electrons. The van der Waals surface area contributed by atoms with E-state index >= 15 is 0 Å². The fourth-order valence-corrected chi connectivity index (χ4v) is 4.70. The van der Waals surface area contributed by atoms with Crippen LogP contribution in [0.1, 0.15) is 34.1 Å². The molecule has 0 aliphatic heterocycles. The molecule has 0 saturated heterocycles. The second-order valence-electron chi connectivity index (χ2n) is 6.34. The lowest BCUT2D eigenvalue weighted by atomic mass is 10.0. The zero-order valence-electron chi connectivity index (χ0n) is 13.6. The summed E-state index contributed by atoms with van der Waals surface area (Å²) in [6.45, 7) is -0.278. The topological polar surface area (TPSA) is 55.1 Å². The van der Waals surface area contributed by atoms with Crippen molar-refractivity contribution in [3.63, 3.8) is 0 Å². The number of thiophene rings is 1. The lowest BCUT2D eigenvalue weighted by Gasteiger charge is -2.18. The van der Waals surface area contributed by atoms with Gasteiger partial charge in [0.1, 0.15) is 4.83 Å². The molecule has 0 amide bonds. The average molecular weight is 380 g/mol. The molecular weight excluding hydrogens is 365 g/mol. The fourth-order valence-electron chi connectivity index (χ4n) is 3.48. The van der Waals surface area contributed by atoms with Gasteiger partial charge in [-0.15, -0.1) is 11.3 Å². The van der Waals surface area contributed by atoms with Crippen LogP contribution in [-0.2, 0) is 25.6 Å². The summed E-state index contributed by atoms with van der Waals surface area (Å²) in [5.41, 5.74) is -0.450. The van der Waals surface area contributed by atoms with Gasteiger partial charge in [0.05, 0.1) is 29.9 Å². The van der Waals surface area contributed by atoms with Gasteiger partial charge >= 0.3 is 6.18 Å². The van der Waals surface area contributed by atoms with E-state index < -0.39 is 17.8 Å². The van der Waals surface area contributed by atoms with Gasteiger partial charge in [-0.05, 0) is 36.5 Å². The van der Waals surface area contributed by atoms with Gasteiger partial charge in [0.2, 0.25) is 0 Å². The second kappa shape index (κ2) is 6.21. The summed E-state index contributed by atoms with van der Waals surface area (Å²) in [4.78, 5) is 18.9. The van der Waals surface area contributed by atoms with E-state index in [1.54, 1.807) is 0 Å². The van der Waals surface area contributed by atoms with Crippen LogP contribution in [0, 0.1) is 0 Å². The Bertz CT molecular complexity index is 1040. The van der Waals surface area contributed by atoms with E-state index in [1.165, 1.54) is 40.4 Å². The van der Waals surface area contributed by atoms with Crippen LogP contribution in [0.2, 0.25) is 0 Å². The predicted molar refractivity (Wildman–Crippen MR) is 92.3 cm³/mol. The first-order chi connectivity index (χ1) is 12.4. The minimum atomic E-state index is -4.57. The molecule has 2 heterocycles. The zero-order valence-corrected chi connectivity index (χ0v) is 14.4. The summed E-state index contributed by atoms with van der Waals surface area (Å²) in [7, 11) is 0. The van der Waals surface area contributed by atoms with E-state index in [0.717, 1.165) is 35.8 Å². The second-order valence-corrected chi connectivity index (χ2v) is 7.42. The Morgan fingerprint density at radius 1 is 1.27 bits per heavy atom. The molecular formula is C18H15F3N2O2S. The summed E-state index contributed by atoms with van der Waals surface area (Å²) in [6, 6.07) is 4.86. The number of benzene rings is 1. The van der Waals surface area contributed by atoms with Crippen LogP contribution in [0.15, 0.2) is 35.4 Å². The summed E-state index contributed by atoms with van der Waals surface area (Å²) < 4.78 is 40.7. The molecule has 0 fully saturated rings. The number of hydrogen-bond acceptors (Lipinski definition) is 4. The van der Waals surface area contributed by atoms with Gasteiger partial charge in [0.15, 0.2) is 0 Å². The molecule has 0 bridgehead atoms. The van der Waals surface area contributed by atoms with Crippen molar-refractivity contribution < 1.29 is 18.3 Å². The molecule has 0 saturated carbocycles. The Morgan fingerprint density at radius 3 is 2.81 bits per heavy atom. The first-order valence-electron chi connectivity index (χ1n) is 8.20. The van der Waals surface area contributed by atoms with Crippen LogP contribution in [0.25, 0.3) is 10.2 Å². The van der Waals surface area contributed by atoms with Crippen molar-refractivity contribution in [2.45, 2.75) is 38.1 Å². The maximum atomic E-state index is 13.2.